The van der Waals surface area contributed by atoms with E-state index in [0.717, 1.165) is 0 Å². The third-order valence-corrected chi connectivity index (χ3v) is 3.12. The Kier molecular flexibility index (Phi) is 4.15. The van der Waals surface area contributed by atoms with Crippen LogP contribution in [0.5, 0.6) is 0 Å². The summed E-state index contributed by atoms with van der Waals surface area (Å²) >= 11 is 11.5. The number of halogens is 7. The van der Waals surface area contributed by atoms with Crippen molar-refractivity contribution < 1.29 is 22.0 Å². The Balaban J connectivity index is 2.61. The fourth-order valence-electron chi connectivity index (χ4n) is 1.55. The number of benzene rings is 2. The number of hydrogen-bond donors (Lipinski definition) is 2. The fraction of sp³-hybridized carbons (Fsp3) is 0. The summed E-state index contributed by atoms with van der Waals surface area (Å²) in [6.07, 6.45) is 0. The third-order valence-electron chi connectivity index (χ3n) is 2.52. The van der Waals surface area contributed by atoms with E-state index in [1.807, 2.05) is 5.32 Å². The molecule has 0 spiro atoms. The van der Waals surface area contributed by atoms with Gasteiger partial charge in [-0.05, 0) is 12.1 Å². The number of nitrogens with one attached hydrogen (secondary N) is 1. The van der Waals surface area contributed by atoms with E-state index in [-0.39, 0.29) is 21.4 Å². The summed E-state index contributed by atoms with van der Waals surface area (Å²) in [5, 5.41) is 1.70. The molecule has 0 atom stereocenters. The van der Waals surface area contributed by atoms with Crippen molar-refractivity contribution in [3.8, 4) is 0 Å². The highest BCUT2D eigenvalue weighted by atomic mass is 35.5. The normalized spacial score (nSPS) is 10.8. The van der Waals surface area contributed by atoms with Gasteiger partial charge in [0.25, 0.3) is 0 Å². The Morgan fingerprint density at radius 2 is 1.10 bits per heavy atom. The minimum Gasteiger partial charge on any atom is -0.399 e. The van der Waals surface area contributed by atoms with Crippen molar-refractivity contribution in [1.82, 2.24) is 0 Å². The molecule has 0 bridgehead atoms. The van der Waals surface area contributed by atoms with Crippen molar-refractivity contribution in [2.24, 2.45) is 0 Å². The minimum atomic E-state index is -2.26. The van der Waals surface area contributed by atoms with Gasteiger partial charge >= 0.3 is 0 Å². The van der Waals surface area contributed by atoms with Gasteiger partial charge in [0.05, 0.1) is 15.7 Å². The summed E-state index contributed by atoms with van der Waals surface area (Å²) in [7, 11) is 0. The minimum absolute atomic E-state index is 0.149. The molecule has 0 fully saturated rings. The van der Waals surface area contributed by atoms with Gasteiger partial charge in [0.2, 0.25) is 5.82 Å². The molecule has 9 heteroatoms. The van der Waals surface area contributed by atoms with E-state index in [9.17, 15) is 22.0 Å². The molecule has 0 unspecified atom stereocenters. The first-order chi connectivity index (χ1) is 9.73. The Hall–Kier alpha value is -1.73. The summed E-state index contributed by atoms with van der Waals surface area (Å²) in [5.74, 6) is -10.5. The van der Waals surface area contributed by atoms with Crippen molar-refractivity contribution >= 4 is 40.3 Å². The molecule has 2 nitrogen and oxygen atoms in total. The van der Waals surface area contributed by atoms with Crippen LogP contribution in [0.3, 0.4) is 0 Å². The van der Waals surface area contributed by atoms with Gasteiger partial charge < -0.3 is 11.1 Å². The van der Waals surface area contributed by atoms with Gasteiger partial charge in [-0.3, -0.25) is 0 Å². The van der Waals surface area contributed by atoms with E-state index in [1.165, 1.54) is 12.1 Å². The molecule has 0 aromatic heterocycles. The van der Waals surface area contributed by atoms with E-state index in [0.29, 0.717) is 0 Å². The highest BCUT2D eigenvalue weighted by Gasteiger charge is 2.26. The summed E-state index contributed by atoms with van der Waals surface area (Å²) in [5.41, 5.74) is 4.09. The molecule has 2 rings (SSSR count). The Bertz CT molecular complexity index is 684. The van der Waals surface area contributed by atoms with Crippen molar-refractivity contribution in [3.63, 3.8) is 0 Å². The molecule has 0 saturated carbocycles. The lowest BCUT2D eigenvalue weighted by Crippen LogP contribution is -2.07. The number of nitrogens with two attached hydrogens (primary N) is 1. The summed E-state index contributed by atoms with van der Waals surface area (Å²) in [6, 6.07) is 2.39. The van der Waals surface area contributed by atoms with Crippen LogP contribution in [0.25, 0.3) is 0 Å². The van der Waals surface area contributed by atoms with Gasteiger partial charge in [-0.15, -0.1) is 0 Å². The second kappa shape index (κ2) is 5.57. The second-order valence-corrected chi connectivity index (χ2v) is 4.74. The summed E-state index contributed by atoms with van der Waals surface area (Å²) in [4.78, 5) is 0. The van der Waals surface area contributed by atoms with Crippen LogP contribution in [0.4, 0.5) is 39.0 Å². The molecule has 3 N–H and O–H groups in total. The molecular formula is C12H5Cl2F5N2. The van der Waals surface area contributed by atoms with E-state index in [4.69, 9.17) is 28.9 Å². The van der Waals surface area contributed by atoms with Gasteiger partial charge in [0.1, 0.15) is 5.69 Å². The van der Waals surface area contributed by atoms with Crippen LogP contribution in [0.1, 0.15) is 0 Å². The van der Waals surface area contributed by atoms with Crippen LogP contribution in [-0.2, 0) is 0 Å². The molecule has 0 aliphatic carbocycles. The second-order valence-electron chi connectivity index (χ2n) is 3.93. The average molecular weight is 343 g/mol. The van der Waals surface area contributed by atoms with Gasteiger partial charge in [0, 0.05) is 5.69 Å². The predicted molar refractivity (Wildman–Crippen MR) is 70.4 cm³/mol. The maximum absolute atomic E-state index is 13.5. The predicted octanol–water partition coefficient (Wildman–Crippen LogP) is 5.01. The Morgan fingerprint density at radius 1 is 0.714 bits per heavy atom. The van der Waals surface area contributed by atoms with Crippen LogP contribution in [-0.4, -0.2) is 0 Å². The molecule has 0 aliphatic rings. The molecule has 2 aromatic carbocycles. The maximum Gasteiger partial charge on any atom is 0.200 e. The van der Waals surface area contributed by atoms with Crippen LogP contribution < -0.4 is 11.1 Å². The van der Waals surface area contributed by atoms with Gasteiger partial charge in [-0.2, -0.15) is 0 Å². The van der Waals surface area contributed by atoms with Crippen molar-refractivity contribution in [1.29, 1.82) is 0 Å². The smallest absolute Gasteiger partial charge is 0.200 e. The third kappa shape index (κ3) is 2.71. The maximum atomic E-state index is 13.5. The highest BCUT2D eigenvalue weighted by Crippen LogP contribution is 2.37. The highest BCUT2D eigenvalue weighted by molar-refractivity contribution is 6.39. The average Bonchev–Trinajstić information content (AvgIpc) is 2.41. The van der Waals surface area contributed by atoms with E-state index >= 15 is 0 Å². The fourth-order valence-corrected chi connectivity index (χ4v) is 2.15. The number of anilines is 3. The molecular weight excluding hydrogens is 338 g/mol. The molecule has 0 heterocycles. The van der Waals surface area contributed by atoms with Crippen LogP contribution in [0.2, 0.25) is 10.0 Å². The molecule has 0 amide bonds. The lowest BCUT2D eigenvalue weighted by Gasteiger charge is -2.14. The van der Waals surface area contributed by atoms with E-state index in [1.54, 1.807) is 0 Å². The monoisotopic (exact) mass is 342 g/mol. The molecule has 0 radical (unpaired) electrons. The lowest BCUT2D eigenvalue weighted by atomic mass is 10.2. The molecule has 0 aliphatic heterocycles. The summed E-state index contributed by atoms with van der Waals surface area (Å²) < 4.78 is 66.2. The van der Waals surface area contributed by atoms with Crippen molar-refractivity contribution in [3.05, 3.63) is 51.3 Å². The topological polar surface area (TPSA) is 38.0 Å². The standard InChI is InChI=1S/C12H5Cl2F5N2/c13-4-1-3(20)2-5(14)11(4)21-12-9(18)7(16)6(15)8(17)10(12)19/h1-2,21H,20H2. The Morgan fingerprint density at radius 3 is 1.52 bits per heavy atom. The zero-order valence-electron chi connectivity index (χ0n) is 9.88. The van der Waals surface area contributed by atoms with Gasteiger partial charge in [-0.1, -0.05) is 23.2 Å². The number of nitrogen functional groups attached to an aromatic ring is 1. The van der Waals surface area contributed by atoms with Crippen LogP contribution >= 0.6 is 23.2 Å². The first-order valence-corrected chi connectivity index (χ1v) is 6.02. The van der Waals surface area contributed by atoms with Crippen molar-refractivity contribution in [2.45, 2.75) is 0 Å². The number of rotatable bonds is 2. The molecule has 21 heavy (non-hydrogen) atoms. The quantitative estimate of drug-likeness (QED) is 0.348. The molecule has 0 saturated heterocycles. The molecule has 2 aromatic rings. The van der Waals surface area contributed by atoms with E-state index < -0.39 is 34.8 Å². The first kappa shape index (κ1) is 15.7. The largest absolute Gasteiger partial charge is 0.399 e. The van der Waals surface area contributed by atoms with Crippen LogP contribution in [0, 0.1) is 29.1 Å². The summed E-state index contributed by atoms with van der Waals surface area (Å²) in [6.45, 7) is 0. The van der Waals surface area contributed by atoms with Gasteiger partial charge in [-0.25, -0.2) is 22.0 Å². The lowest BCUT2D eigenvalue weighted by molar-refractivity contribution is 0.382. The Labute approximate surface area is 125 Å². The number of hydrogen-bond acceptors (Lipinski definition) is 2. The molecule has 112 valence electrons. The van der Waals surface area contributed by atoms with Crippen molar-refractivity contribution in [2.75, 3.05) is 11.1 Å². The zero-order chi connectivity index (χ0) is 15.9. The van der Waals surface area contributed by atoms with Crippen LogP contribution in [0.15, 0.2) is 12.1 Å². The zero-order valence-corrected chi connectivity index (χ0v) is 11.4. The first-order valence-electron chi connectivity index (χ1n) is 5.27. The van der Waals surface area contributed by atoms with E-state index in [2.05, 4.69) is 0 Å². The van der Waals surface area contributed by atoms with Gasteiger partial charge in [0.15, 0.2) is 23.3 Å². The SMILES string of the molecule is Nc1cc(Cl)c(Nc2c(F)c(F)c(F)c(F)c2F)c(Cl)c1.